The number of alkyl carbamates (subject to hydrolysis) is 1. The van der Waals surface area contributed by atoms with E-state index in [0.29, 0.717) is 6.61 Å². The second kappa shape index (κ2) is 14.0. The van der Waals surface area contributed by atoms with E-state index in [4.69, 9.17) is 14.2 Å². The van der Waals surface area contributed by atoms with Crippen molar-refractivity contribution in [3.63, 3.8) is 0 Å². The molecule has 0 heterocycles. The van der Waals surface area contributed by atoms with E-state index >= 15 is 0 Å². The van der Waals surface area contributed by atoms with Crippen LogP contribution >= 0.6 is 0 Å². The fourth-order valence-corrected chi connectivity index (χ4v) is 5.61. The minimum atomic E-state index is -0.917. The molecule has 1 aliphatic rings. The molecule has 0 fully saturated rings. The van der Waals surface area contributed by atoms with Gasteiger partial charge in [0.2, 0.25) is 0 Å². The summed E-state index contributed by atoms with van der Waals surface area (Å²) in [6.07, 6.45) is -0.389. The molecule has 1 atom stereocenters. The second-order valence-electron chi connectivity index (χ2n) is 11.2. The predicted molar refractivity (Wildman–Crippen MR) is 174 cm³/mol. The predicted octanol–water partition coefficient (Wildman–Crippen LogP) is 7.77. The van der Waals surface area contributed by atoms with E-state index in [0.717, 1.165) is 44.7 Å². The maximum Gasteiger partial charge on any atom is 0.407 e. The van der Waals surface area contributed by atoms with Crippen molar-refractivity contribution >= 4 is 12.1 Å². The number of nitrogens with one attached hydrogen (secondary N) is 1. The van der Waals surface area contributed by atoms with Gasteiger partial charge in [-0.3, -0.25) is 0 Å². The maximum atomic E-state index is 13.3. The van der Waals surface area contributed by atoms with Crippen LogP contribution in [-0.4, -0.2) is 24.7 Å². The summed E-state index contributed by atoms with van der Waals surface area (Å²) in [5.41, 5.74) is 8.55. The van der Waals surface area contributed by atoms with Gasteiger partial charge in [0.15, 0.2) is 0 Å². The van der Waals surface area contributed by atoms with Crippen LogP contribution in [0.15, 0.2) is 127 Å². The fraction of sp³-hybridized carbons (Fsp3) is 0.179. The van der Waals surface area contributed by atoms with Gasteiger partial charge in [-0.1, -0.05) is 121 Å². The van der Waals surface area contributed by atoms with E-state index in [1.807, 2.05) is 91.0 Å². The third kappa shape index (κ3) is 7.42. The van der Waals surface area contributed by atoms with Crippen LogP contribution in [0.5, 0.6) is 5.75 Å². The zero-order valence-corrected chi connectivity index (χ0v) is 25.1. The van der Waals surface area contributed by atoms with Gasteiger partial charge in [-0.2, -0.15) is 0 Å². The Morgan fingerprint density at radius 3 is 1.89 bits per heavy atom. The maximum absolute atomic E-state index is 13.3. The molecule has 0 aromatic heterocycles. The van der Waals surface area contributed by atoms with Gasteiger partial charge < -0.3 is 19.5 Å². The molecule has 1 N–H and O–H groups in total. The van der Waals surface area contributed by atoms with E-state index in [-0.39, 0.29) is 25.6 Å². The van der Waals surface area contributed by atoms with E-state index in [1.54, 1.807) is 0 Å². The lowest BCUT2D eigenvalue weighted by molar-refractivity contribution is -0.147. The van der Waals surface area contributed by atoms with Gasteiger partial charge in [0.05, 0.1) is 0 Å². The van der Waals surface area contributed by atoms with Crippen LogP contribution in [0.25, 0.3) is 11.1 Å². The van der Waals surface area contributed by atoms with Crippen LogP contribution in [0.4, 0.5) is 4.79 Å². The van der Waals surface area contributed by atoms with Gasteiger partial charge >= 0.3 is 12.1 Å². The Hall–Kier alpha value is -5.36. The minimum absolute atomic E-state index is 0.0642. The highest BCUT2D eigenvalue weighted by atomic mass is 16.6. The molecule has 6 rings (SSSR count). The number of carbonyl (C=O) groups excluding carboxylic acids is 2. The Morgan fingerprint density at radius 2 is 1.22 bits per heavy atom. The first-order valence-electron chi connectivity index (χ1n) is 15.1. The third-order valence-corrected chi connectivity index (χ3v) is 8.03. The molecule has 1 aliphatic carbocycles. The first-order valence-corrected chi connectivity index (χ1v) is 15.1. The van der Waals surface area contributed by atoms with E-state index in [1.165, 1.54) is 5.56 Å². The topological polar surface area (TPSA) is 73.9 Å². The molecule has 0 saturated carbocycles. The first-order chi connectivity index (χ1) is 22.0. The van der Waals surface area contributed by atoms with Crippen molar-refractivity contribution in [3.8, 4) is 16.9 Å². The summed E-state index contributed by atoms with van der Waals surface area (Å²) in [5, 5.41) is 2.76. The first kappa shape index (κ1) is 29.7. The largest absolute Gasteiger partial charge is 0.489 e. The smallest absolute Gasteiger partial charge is 0.407 e. The number of benzene rings is 5. The molecule has 0 radical (unpaired) electrons. The van der Waals surface area contributed by atoms with Crippen molar-refractivity contribution in [2.45, 2.75) is 38.5 Å². The summed E-state index contributed by atoms with van der Waals surface area (Å²) < 4.78 is 17.3. The fourth-order valence-electron chi connectivity index (χ4n) is 5.61. The number of aryl methyl sites for hydroxylation is 1. The van der Waals surface area contributed by atoms with Crippen molar-refractivity contribution in [1.82, 2.24) is 5.32 Å². The highest BCUT2D eigenvalue weighted by Gasteiger charge is 2.30. The summed E-state index contributed by atoms with van der Waals surface area (Å²) in [4.78, 5) is 26.3. The van der Waals surface area contributed by atoms with Crippen molar-refractivity contribution in [3.05, 3.63) is 161 Å². The molecule has 226 valence electrons. The quantitative estimate of drug-likeness (QED) is 0.158. The molecule has 0 spiro atoms. The lowest BCUT2D eigenvalue weighted by Gasteiger charge is -2.19. The highest BCUT2D eigenvalue weighted by Crippen LogP contribution is 2.44. The molecule has 0 bridgehead atoms. The zero-order valence-electron chi connectivity index (χ0n) is 25.1. The molecular formula is C39H35NO5. The Balaban J connectivity index is 1.06. The van der Waals surface area contributed by atoms with Crippen LogP contribution in [0.1, 0.15) is 39.3 Å². The molecule has 0 aliphatic heterocycles. The SMILES string of the molecule is Cc1ccc(COc2ccc(COC(=O)[C@@H](Cc3ccccc3)NC(=O)OCC3c4ccccc4-c4ccccc43)cc2)cc1. The molecule has 6 heteroatoms. The summed E-state index contributed by atoms with van der Waals surface area (Å²) in [6.45, 7) is 2.74. The molecule has 45 heavy (non-hydrogen) atoms. The second-order valence-corrected chi connectivity index (χ2v) is 11.2. The Morgan fingerprint density at radius 1 is 0.644 bits per heavy atom. The number of esters is 1. The number of fused-ring (bicyclic) bond motifs is 3. The number of hydrogen-bond donors (Lipinski definition) is 1. The van der Waals surface area contributed by atoms with Gasteiger partial charge in [-0.25, -0.2) is 9.59 Å². The molecule has 1 amide bonds. The third-order valence-electron chi connectivity index (χ3n) is 8.03. The molecule has 5 aromatic carbocycles. The number of hydrogen-bond acceptors (Lipinski definition) is 5. The van der Waals surface area contributed by atoms with Crippen molar-refractivity contribution < 1.29 is 23.8 Å². The van der Waals surface area contributed by atoms with Gasteiger partial charge in [0, 0.05) is 12.3 Å². The van der Waals surface area contributed by atoms with Crippen LogP contribution in [-0.2, 0) is 33.9 Å². The number of rotatable bonds is 11. The lowest BCUT2D eigenvalue weighted by atomic mass is 9.98. The van der Waals surface area contributed by atoms with Crippen LogP contribution in [0.3, 0.4) is 0 Å². The standard InChI is InChI=1S/C39H35NO5/c1-27-15-17-29(18-16-27)24-43-31-21-19-30(20-22-31)25-44-38(41)37(23-28-9-3-2-4-10-28)40-39(42)45-26-36-34-13-7-5-11-32(34)33-12-6-8-14-35(33)36/h2-22,36-37H,23-26H2,1H3,(H,40,42)/t37-/m1/s1. The van der Waals surface area contributed by atoms with Crippen molar-refractivity contribution in [1.29, 1.82) is 0 Å². The minimum Gasteiger partial charge on any atom is -0.489 e. The molecular weight excluding hydrogens is 562 g/mol. The molecule has 5 aromatic rings. The summed E-state index contributed by atoms with van der Waals surface area (Å²) in [7, 11) is 0. The van der Waals surface area contributed by atoms with E-state index in [9.17, 15) is 9.59 Å². The van der Waals surface area contributed by atoms with Crippen LogP contribution in [0, 0.1) is 6.92 Å². The summed E-state index contributed by atoms with van der Waals surface area (Å²) in [6, 6.07) is 40.6. The Bertz CT molecular complexity index is 1700. The van der Waals surface area contributed by atoms with Gasteiger partial charge in [0.1, 0.15) is 31.6 Å². The molecule has 6 nitrogen and oxygen atoms in total. The van der Waals surface area contributed by atoms with Gasteiger partial charge in [0.25, 0.3) is 0 Å². The average molecular weight is 598 g/mol. The molecule has 0 saturated heterocycles. The average Bonchev–Trinajstić information content (AvgIpc) is 3.40. The highest BCUT2D eigenvalue weighted by molar-refractivity contribution is 5.82. The monoisotopic (exact) mass is 597 g/mol. The van der Waals surface area contributed by atoms with Gasteiger partial charge in [-0.15, -0.1) is 0 Å². The molecule has 0 unspecified atom stereocenters. The number of amides is 1. The van der Waals surface area contributed by atoms with Crippen molar-refractivity contribution in [2.75, 3.05) is 6.61 Å². The Labute approximate surface area is 263 Å². The van der Waals surface area contributed by atoms with Crippen molar-refractivity contribution in [2.24, 2.45) is 0 Å². The Kier molecular flexibility index (Phi) is 9.21. The van der Waals surface area contributed by atoms with Crippen LogP contribution in [0.2, 0.25) is 0 Å². The van der Waals surface area contributed by atoms with E-state index in [2.05, 4.69) is 48.6 Å². The normalized spacial score (nSPS) is 12.5. The number of ether oxygens (including phenoxy) is 3. The summed E-state index contributed by atoms with van der Waals surface area (Å²) in [5.74, 6) is 0.114. The van der Waals surface area contributed by atoms with Crippen LogP contribution < -0.4 is 10.1 Å². The van der Waals surface area contributed by atoms with E-state index < -0.39 is 18.1 Å². The number of carbonyl (C=O) groups is 2. The summed E-state index contributed by atoms with van der Waals surface area (Å²) >= 11 is 0. The zero-order chi connectivity index (χ0) is 31.0. The van der Waals surface area contributed by atoms with Gasteiger partial charge in [-0.05, 0) is 58.0 Å². The lowest BCUT2D eigenvalue weighted by Crippen LogP contribution is -2.43.